The number of hydrogen-bond acceptors (Lipinski definition) is 4. The number of Topliss-reactive ketones (excluding diaryl/α,β-unsaturated/α-hetero) is 1. The van der Waals surface area contributed by atoms with Crippen LogP contribution in [0.25, 0.3) is 0 Å². The molecule has 1 unspecified atom stereocenters. The quantitative estimate of drug-likeness (QED) is 0.817. The van der Waals surface area contributed by atoms with Gasteiger partial charge in [-0.3, -0.25) is 9.69 Å². The number of benzene rings is 1. The van der Waals surface area contributed by atoms with E-state index in [1.54, 1.807) is 7.11 Å². The molecule has 0 radical (unpaired) electrons. The predicted octanol–water partition coefficient (Wildman–Crippen LogP) is 2.34. The maximum atomic E-state index is 12.7. The van der Waals surface area contributed by atoms with Gasteiger partial charge in [-0.1, -0.05) is 6.92 Å². The Kier molecular flexibility index (Phi) is 5.76. The monoisotopic (exact) mass is 290 g/mol. The summed E-state index contributed by atoms with van der Waals surface area (Å²) in [6.45, 7) is 7.17. The third-order valence-electron chi connectivity index (χ3n) is 4.39. The average Bonchev–Trinajstić information content (AvgIpc) is 2.56. The molecule has 1 aliphatic rings. The second kappa shape index (κ2) is 7.57. The highest BCUT2D eigenvalue weighted by atomic mass is 16.5. The van der Waals surface area contributed by atoms with E-state index in [2.05, 4.69) is 17.1 Å². The second-order valence-corrected chi connectivity index (χ2v) is 5.58. The lowest BCUT2D eigenvalue weighted by atomic mass is 9.98. The lowest BCUT2D eigenvalue weighted by Crippen LogP contribution is -2.49. The molecule has 1 heterocycles. The van der Waals surface area contributed by atoms with Crippen LogP contribution in [0, 0.1) is 0 Å². The summed E-state index contributed by atoms with van der Waals surface area (Å²) < 4.78 is 5.14. The summed E-state index contributed by atoms with van der Waals surface area (Å²) >= 11 is 0. The molecule has 1 aliphatic heterocycles. The first-order chi connectivity index (χ1) is 10.2. The van der Waals surface area contributed by atoms with Crippen molar-refractivity contribution in [2.75, 3.05) is 26.7 Å². The standard InChI is InChI=1S/C17H26N2O2/c1-4-19(15-9-11-18-12-10-15)13(2)17(20)14-5-7-16(21-3)8-6-14/h5-8,13,15,18H,4,9-12H2,1-3H3. The molecule has 1 N–H and O–H groups in total. The molecular weight excluding hydrogens is 264 g/mol. The maximum Gasteiger partial charge on any atom is 0.179 e. The summed E-state index contributed by atoms with van der Waals surface area (Å²) in [5.41, 5.74) is 0.760. The molecule has 1 atom stereocenters. The van der Waals surface area contributed by atoms with Crippen LogP contribution in [0.5, 0.6) is 5.75 Å². The molecular formula is C17H26N2O2. The molecule has 0 aromatic heterocycles. The summed E-state index contributed by atoms with van der Waals surface area (Å²) in [6.07, 6.45) is 2.24. The van der Waals surface area contributed by atoms with E-state index >= 15 is 0 Å². The van der Waals surface area contributed by atoms with Crippen molar-refractivity contribution in [1.82, 2.24) is 10.2 Å². The molecule has 0 saturated carbocycles. The Hall–Kier alpha value is -1.39. The minimum absolute atomic E-state index is 0.0773. The van der Waals surface area contributed by atoms with Crippen LogP contribution in [-0.2, 0) is 0 Å². The molecule has 1 aromatic rings. The van der Waals surface area contributed by atoms with Crippen LogP contribution in [0.1, 0.15) is 37.0 Å². The summed E-state index contributed by atoms with van der Waals surface area (Å²) in [5.74, 6) is 0.975. The second-order valence-electron chi connectivity index (χ2n) is 5.58. The average molecular weight is 290 g/mol. The smallest absolute Gasteiger partial charge is 0.179 e. The van der Waals surface area contributed by atoms with Gasteiger partial charge in [-0.05, 0) is 63.7 Å². The normalized spacial score (nSPS) is 17.7. The third kappa shape index (κ3) is 3.83. The number of carbonyl (C=O) groups is 1. The van der Waals surface area contributed by atoms with E-state index in [1.165, 1.54) is 0 Å². The molecule has 116 valence electrons. The van der Waals surface area contributed by atoms with Gasteiger partial charge < -0.3 is 10.1 Å². The van der Waals surface area contributed by atoms with Gasteiger partial charge in [-0.25, -0.2) is 0 Å². The number of rotatable bonds is 6. The van der Waals surface area contributed by atoms with E-state index in [1.807, 2.05) is 31.2 Å². The van der Waals surface area contributed by atoms with Crippen LogP contribution in [0.2, 0.25) is 0 Å². The van der Waals surface area contributed by atoms with Crippen molar-refractivity contribution in [3.8, 4) is 5.75 Å². The molecule has 0 aliphatic carbocycles. The van der Waals surface area contributed by atoms with Crippen LogP contribution < -0.4 is 10.1 Å². The van der Waals surface area contributed by atoms with E-state index in [-0.39, 0.29) is 11.8 Å². The highest BCUT2D eigenvalue weighted by Crippen LogP contribution is 2.19. The van der Waals surface area contributed by atoms with Crippen molar-refractivity contribution in [3.05, 3.63) is 29.8 Å². The molecule has 4 nitrogen and oxygen atoms in total. The zero-order valence-electron chi connectivity index (χ0n) is 13.3. The first kappa shape index (κ1) is 16.0. The van der Waals surface area contributed by atoms with Crippen LogP contribution in [0.4, 0.5) is 0 Å². The van der Waals surface area contributed by atoms with Crippen molar-refractivity contribution >= 4 is 5.78 Å². The molecule has 0 spiro atoms. The van der Waals surface area contributed by atoms with Crippen LogP contribution in [0.15, 0.2) is 24.3 Å². The fourth-order valence-electron chi connectivity index (χ4n) is 3.13. The summed E-state index contributed by atoms with van der Waals surface area (Å²) in [4.78, 5) is 15.0. The third-order valence-corrected chi connectivity index (χ3v) is 4.39. The van der Waals surface area contributed by atoms with Crippen LogP contribution in [-0.4, -0.2) is 49.5 Å². The number of ether oxygens (including phenoxy) is 1. The van der Waals surface area contributed by atoms with Gasteiger partial charge in [-0.2, -0.15) is 0 Å². The fourth-order valence-corrected chi connectivity index (χ4v) is 3.13. The molecule has 0 amide bonds. The van der Waals surface area contributed by atoms with Gasteiger partial charge in [0.05, 0.1) is 13.2 Å². The lowest BCUT2D eigenvalue weighted by molar-refractivity contribution is 0.0728. The number of nitrogens with one attached hydrogen (secondary N) is 1. The van der Waals surface area contributed by atoms with Gasteiger partial charge in [0.1, 0.15) is 5.75 Å². The zero-order valence-corrected chi connectivity index (χ0v) is 13.3. The van der Waals surface area contributed by atoms with Gasteiger partial charge in [0.2, 0.25) is 0 Å². The number of methoxy groups -OCH3 is 1. The Bertz CT molecular complexity index is 452. The van der Waals surface area contributed by atoms with Crippen LogP contribution >= 0.6 is 0 Å². The Morgan fingerprint density at radius 2 is 1.95 bits per heavy atom. The van der Waals surface area contributed by atoms with Crippen molar-refractivity contribution < 1.29 is 9.53 Å². The molecule has 1 fully saturated rings. The Balaban J connectivity index is 2.07. The van der Waals surface area contributed by atoms with E-state index in [0.717, 1.165) is 43.8 Å². The number of hydrogen-bond donors (Lipinski definition) is 1. The van der Waals surface area contributed by atoms with Gasteiger partial charge in [-0.15, -0.1) is 0 Å². The van der Waals surface area contributed by atoms with E-state index in [0.29, 0.717) is 6.04 Å². The Morgan fingerprint density at radius 3 is 2.48 bits per heavy atom. The van der Waals surface area contributed by atoms with Gasteiger partial charge >= 0.3 is 0 Å². The maximum absolute atomic E-state index is 12.7. The van der Waals surface area contributed by atoms with Crippen molar-refractivity contribution in [2.24, 2.45) is 0 Å². The molecule has 1 saturated heterocycles. The molecule has 2 rings (SSSR count). The van der Waals surface area contributed by atoms with E-state index in [4.69, 9.17) is 4.74 Å². The fraction of sp³-hybridized carbons (Fsp3) is 0.588. The van der Waals surface area contributed by atoms with Crippen molar-refractivity contribution in [2.45, 2.75) is 38.8 Å². The molecule has 0 bridgehead atoms. The minimum atomic E-state index is -0.0773. The van der Waals surface area contributed by atoms with E-state index in [9.17, 15) is 4.79 Å². The Labute approximate surface area is 127 Å². The van der Waals surface area contributed by atoms with Crippen molar-refractivity contribution in [1.29, 1.82) is 0 Å². The lowest BCUT2D eigenvalue weighted by Gasteiger charge is -2.37. The number of likely N-dealkylation sites (N-methyl/N-ethyl adjacent to an activating group) is 1. The molecule has 4 heteroatoms. The minimum Gasteiger partial charge on any atom is -0.497 e. The summed E-state index contributed by atoms with van der Waals surface area (Å²) in [5, 5.41) is 3.38. The topological polar surface area (TPSA) is 41.6 Å². The zero-order chi connectivity index (χ0) is 15.2. The Morgan fingerprint density at radius 1 is 1.33 bits per heavy atom. The predicted molar refractivity (Wildman–Crippen MR) is 85.1 cm³/mol. The molecule has 21 heavy (non-hydrogen) atoms. The number of nitrogens with zero attached hydrogens (tertiary/aromatic N) is 1. The first-order valence-electron chi connectivity index (χ1n) is 7.82. The highest BCUT2D eigenvalue weighted by molar-refractivity contribution is 5.99. The van der Waals surface area contributed by atoms with E-state index < -0.39 is 0 Å². The SMILES string of the molecule is CCN(C1CCNCC1)C(C)C(=O)c1ccc(OC)cc1. The first-order valence-corrected chi connectivity index (χ1v) is 7.82. The van der Waals surface area contributed by atoms with Crippen molar-refractivity contribution in [3.63, 3.8) is 0 Å². The summed E-state index contributed by atoms with van der Waals surface area (Å²) in [7, 11) is 1.63. The van der Waals surface area contributed by atoms with Gasteiger partial charge in [0.25, 0.3) is 0 Å². The largest absolute Gasteiger partial charge is 0.497 e. The number of carbonyl (C=O) groups excluding carboxylic acids is 1. The highest BCUT2D eigenvalue weighted by Gasteiger charge is 2.28. The van der Waals surface area contributed by atoms with Crippen LogP contribution in [0.3, 0.4) is 0 Å². The van der Waals surface area contributed by atoms with Gasteiger partial charge in [0, 0.05) is 11.6 Å². The molecule has 1 aromatic carbocycles. The van der Waals surface area contributed by atoms with Gasteiger partial charge in [0.15, 0.2) is 5.78 Å². The number of piperidine rings is 1. The summed E-state index contributed by atoms with van der Waals surface area (Å²) in [6, 6.07) is 7.84. The number of ketones is 1.